The van der Waals surface area contributed by atoms with Gasteiger partial charge in [-0.25, -0.2) is 13.1 Å². The minimum atomic E-state index is -3.68. The van der Waals surface area contributed by atoms with Crippen molar-refractivity contribution in [3.63, 3.8) is 0 Å². The first-order valence-corrected chi connectivity index (χ1v) is 10.3. The number of sulfonamides is 1. The van der Waals surface area contributed by atoms with Crippen molar-refractivity contribution < 1.29 is 13.5 Å². The van der Waals surface area contributed by atoms with Crippen LogP contribution in [0.2, 0.25) is 0 Å². The molecule has 0 fully saturated rings. The van der Waals surface area contributed by atoms with Crippen molar-refractivity contribution in [1.29, 1.82) is 0 Å². The summed E-state index contributed by atoms with van der Waals surface area (Å²) in [5, 5.41) is 11.8. The first-order valence-electron chi connectivity index (χ1n) is 7.97. The van der Waals surface area contributed by atoms with Gasteiger partial charge < -0.3 is 5.11 Å². The van der Waals surface area contributed by atoms with E-state index in [9.17, 15) is 13.5 Å². The fraction of sp³-hybridized carbons (Fsp3) is 0.263. The monoisotopic (exact) mass is 375 g/mol. The Balaban J connectivity index is 1.81. The van der Waals surface area contributed by atoms with Gasteiger partial charge in [0.25, 0.3) is 0 Å². The molecule has 0 aliphatic heterocycles. The Hall–Kier alpha value is -1.73. The lowest BCUT2D eigenvalue weighted by Gasteiger charge is -2.22. The molecule has 4 nitrogen and oxygen atoms in total. The van der Waals surface area contributed by atoms with Crippen molar-refractivity contribution in [1.82, 2.24) is 4.72 Å². The SMILES string of the molecule is Cc1ccc(S(=O)(=O)NCC(C)(O)c2cc3ccccc3s2)cc1C. The molecule has 0 radical (unpaired) electrons. The minimum absolute atomic E-state index is 0.0882. The predicted octanol–water partition coefficient (Wildman–Crippen LogP) is 3.70. The molecule has 132 valence electrons. The van der Waals surface area contributed by atoms with E-state index in [-0.39, 0.29) is 11.4 Å². The molecule has 2 N–H and O–H groups in total. The minimum Gasteiger partial charge on any atom is -0.383 e. The van der Waals surface area contributed by atoms with Crippen LogP contribution in [-0.2, 0) is 15.6 Å². The van der Waals surface area contributed by atoms with Crippen molar-refractivity contribution in [2.24, 2.45) is 0 Å². The molecule has 3 rings (SSSR count). The molecule has 0 aliphatic rings. The van der Waals surface area contributed by atoms with E-state index in [4.69, 9.17) is 0 Å². The number of aryl methyl sites for hydroxylation is 2. The van der Waals surface area contributed by atoms with Gasteiger partial charge in [0, 0.05) is 16.1 Å². The van der Waals surface area contributed by atoms with Crippen molar-refractivity contribution in [3.8, 4) is 0 Å². The topological polar surface area (TPSA) is 66.4 Å². The van der Waals surface area contributed by atoms with E-state index in [1.165, 1.54) is 11.3 Å². The van der Waals surface area contributed by atoms with Crippen LogP contribution in [0.3, 0.4) is 0 Å². The Kier molecular flexibility index (Phi) is 4.72. The highest BCUT2D eigenvalue weighted by molar-refractivity contribution is 7.89. The molecule has 1 atom stereocenters. The molecule has 0 saturated heterocycles. The van der Waals surface area contributed by atoms with Gasteiger partial charge in [0.05, 0.1) is 4.90 Å². The molecule has 2 aromatic carbocycles. The molecule has 0 aliphatic carbocycles. The standard InChI is InChI=1S/C19H21NO3S2/c1-13-8-9-16(10-14(13)2)25(22,23)20-12-19(3,21)18-11-15-6-4-5-7-17(15)24-18/h4-11,20-21H,12H2,1-3H3. The fourth-order valence-corrected chi connectivity index (χ4v) is 4.86. The Bertz CT molecular complexity index is 987. The van der Waals surface area contributed by atoms with Crippen molar-refractivity contribution in [2.75, 3.05) is 6.54 Å². The molecule has 1 aromatic heterocycles. The summed E-state index contributed by atoms with van der Waals surface area (Å²) in [6.45, 7) is 5.35. The van der Waals surface area contributed by atoms with Crippen molar-refractivity contribution in [3.05, 3.63) is 64.5 Å². The molecule has 0 saturated carbocycles. The zero-order valence-electron chi connectivity index (χ0n) is 14.4. The third kappa shape index (κ3) is 3.77. The van der Waals surface area contributed by atoms with Gasteiger partial charge in [-0.05, 0) is 61.5 Å². The van der Waals surface area contributed by atoms with E-state index in [2.05, 4.69) is 4.72 Å². The van der Waals surface area contributed by atoms with Crippen LogP contribution in [0.4, 0.5) is 0 Å². The summed E-state index contributed by atoms with van der Waals surface area (Å²) in [6.07, 6.45) is 0. The Labute approximate surface area is 152 Å². The highest BCUT2D eigenvalue weighted by atomic mass is 32.2. The third-order valence-electron chi connectivity index (χ3n) is 4.35. The van der Waals surface area contributed by atoms with Crippen LogP contribution in [-0.4, -0.2) is 20.1 Å². The third-order valence-corrected chi connectivity index (χ3v) is 7.12. The molecule has 3 aromatic rings. The van der Waals surface area contributed by atoms with E-state index >= 15 is 0 Å². The average Bonchev–Trinajstić information content (AvgIpc) is 3.01. The van der Waals surface area contributed by atoms with Gasteiger partial charge in [-0.2, -0.15) is 0 Å². The molecular weight excluding hydrogens is 354 g/mol. The van der Waals surface area contributed by atoms with Gasteiger partial charge >= 0.3 is 0 Å². The number of aliphatic hydroxyl groups is 1. The normalized spacial score (nSPS) is 14.6. The zero-order valence-corrected chi connectivity index (χ0v) is 16.0. The quantitative estimate of drug-likeness (QED) is 0.714. The molecule has 1 heterocycles. The predicted molar refractivity (Wildman–Crippen MR) is 103 cm³/mol. The van der Waals surface area contributed by atoms with E-state index in [0.29, 0.717) is 0 Å². The smallest absolute Gasteiger partial charge is 0.240 e. The molecule has 0 amide bonds. The van der Waals surface area contributed by atoms with E-state index in [1.54, 1.807) is 25.1 Å². The van der Waals surface area contributed by atoms with Gasteiger partial charge in [-0.1, -0.05) is 24.3 Å². The maximum absolute atomic E-state index is 12.5. The number of nitrogens with one attached hydrogen (secondary N) is 1. The van der Waals surface area contributed by atoms with Gasteiger partial charge in [-0.3, -0.25) is 0 Å². The molecule has 1 unspecified atom stereocenters. The number of fused-ring (bicyclic) bond motifs is 1. The fourth-order valence-electron chi connectivity index (χ4n) is 2.53. The molecular formula is C19H21NO3S2. The van der Waals surface area contributed by atoms with Crippen molar-refractivity contribution >= 4 is 31.4 Å². The van der Waals surface area contributed by atoms with E-state index in [0.717, 1.165) is 26.1 Å². The maximum Gasteiger partial charge on any atom is 0.240 e. The first kappa shape index (κ1) is 18.1. The number of thiophene rings is 1. The summed E-state index contributed by atoms with van der Waals surface area (Å²) in [4.78, 5) is 0.944. The second-order valence-corrected chi connectivity index (χ2v) is 9.34. The average molecular weight is 376 g/mol. The summed E-state index contributed by atoms with van der Waals surface area (Å²) < 4.78 is 28.7. The summed E-state index contributed by atoms with van der Waals surface area (Å²) in [5.74, 6) is 0. The Morgan fingerprint density at radius 1 is 1.08 bits per heavy atom. The molecule has 6 heteroatoms. The number of benzene rings is 2. The first-order chi connectivity index (χ1) is 11.7. The summed E-state index contributed by atoms with van der Waals surface area (Å²) in [5.41, 5.74) is 0.673. The zero-order chi connectivity index (χ0) is 18.2. The lowest BCUT2D eigenvalue weighted by Crippen LogP contribution is -2.38. The van der Waals surface area contributed by atoms with E-state index < -0.39 is 15.6 Å². The van der Waals surface area contributed by atoms with Crippen molar-refractivity contribution in [2.45, 2.75) is 31.3 Å². The Morgan fingerprint density at radius 3 is 2.48 bits per heavy atom. The van der Waals surface area contributed by atoms with Crippen LogP contribution in [0, 0.1) is 13.8 Å². The highest BCUT2D eigenvalue weighted by Gasteiger charge is 2.28. The van der Waals surface area contributed by atoms with Crippen LogP contribution >= 0.6 is 11.3 Å². The van der Waals surface area contributed by atoms with Gasteiger partial charge in [0.1, 0.15) is 5.60 Å². The maximum atomic E-state index is 12.5. The lowest BCUT2D eigenvalue weighted by atomic mass is 10.1. The van der Waals surface area contributed by atoms with Crippen LogP contribution in [0.15, 0.2) is 53.4 Å². The molecule has 0 bridgehead atoms. The molecule has 0 spiro atoms. The van der Waals surface area contributed by atoms with Crippen LogP contribution in [0.5, 0.6) is 0 Å². The second kappa shape index (κ2) is 6.53. The summed E-state index contributed by atoms with van der Waals surface area (Å²) in [7, 11) is -3.68. The van der Waals surface area contributed by atoms with E-state index in [1.807, 2.05) is 44.2 Å². The van der Waals surface area contributed by atoms with Crippen LogP contribution in [0.1, 0.15) is 22.9 Å². The van der Waals surface area contributed by atoms with Gasteiger partial charge in [0.2, 0.25) is 10.0 Å². The molecule has 25 heavy (non-hydrogen) atoms. The summed E-state index contributed by atoms with van der Waals surface area (Å²) in [6, 6.07) is 14.8. The van der Waals surface area contributed by atoms with Crippen LogP contribution < -0.4 is 4.72 Å². The van der Waals surface area contributed by atoms with Gasteiger partial charge in [-0.15, -0.1) is 11.3 Å². The largest absolute Gasteiger partial charge is 0.383 e. The second-order valence-electron chi connectivity index (χ2n) is 6.49. The number of hydrogen-bond donors (Lipinski definition) is 2. The number of hydrogen-bond acceptors (Lipinski definition) is 4. The van der Waals surface area contributed by atoms with Gasteiger partial charge in [0.15, 0.2) is 0 Å². The number of rotatable bonds is 5. The lowest BCUT2D eigenvalue weighted by molar-refractivity contribution is 0.0666. The van der Waals surface area contributed by atoms with Crippen LogP contribution in [0.25, 0.3) is 10.1 Å². The summed E-state index contributed by atoms with van der Waals surface area (Å²) >= 11 is 1.47. The Morgan fingerprint density at radius 2 is 1.80 bits per heavy atom. The highest BCUT2D eigenvalue weighted by Crippen LogP contribution is 2.33.